The highest BCUT2D eigenvalue weighted by Crippen LogP contribution is 2.31. The Morgan fingerprint density at radius 1 is 0.698 bits per heavy atom. The molecule has 8 amide bonds. The van der Waals surface area contributed by atoms with Gasteiger partial charge in [-0.25, -0.2) is 0 Å². The van der Waals surface area contributed by atoms with Crippen LogP contribution in [-0.4, -0.2) is 206 Å². The van der Waals surface area contributed by atoms with Gasteiger partial charge in [-0.1, -0.05) is 0 Å². The Balaban J connectivity index is 1.52. The Morgan fingerprint density at radius 2 is 1.25 bits per heavy atom. The molecule has 0 spiro atoms. The van der Waals surface area contributed by atoms with E-state index in [0.29, 0.717) is 19.3 Å². The molecular weight excluding hydrogens is 840 g/mol. The van der Waals surface area contributed by atoms with Crippen molar-refractivity contribution in [1.82, 2.24) is 36.4 Å². The minimum absolute atomic E-state index is 0.163. The fourth-order valence-electron chi connectivity index (χ4n) is 8.16. The summed E-state index contributed by atoms with van der Waals surface area (Å²) in [6.07, 6.45) is -12.9. The smallest absolute Gasteiger partial charge is 0.246 e. The van der Waals surface area contributed by atoms with Crippen LogP contribution in [0.15, 0.2) is 0 Å². The summed E-state index contributed by atoms with van der Waals surface area (Å²) in [5.74, 6) is -5.42. The number of aliphatic hydroxyl groups is 5. The summed E-state index contributed by atoms with van der Waals surface area (Å²) in [4.78, 5) is 106. The molecule has 0 bridgehead atoms. The summed E-state index contributed by atoms with van der Waals surface area (Å²) in [7, 11) is 0. The van der Waals surface area contributed by atoms with Gasteiger partial charge in [-0.3, -0.25) is 38.4 Å². The van der Waals surface area contributed by atoms with Gasteiger partial charge in [0.05, 0.1) is 19.3 Å². The van der Waals surface area contributed by atoms with Gasteiger partial charge in [0.2, 0.25) is 47.3 Å². The number of nitrogens with two attached hydrogens (primary N) is 1. The summed E-state index contributed by atoms with van der Waals surface area (Å²) in [6.45, 7) is 6.23. The van der Waals surface area contributed by atoms with Gasteiger partial charge in [0.1, 0.15) is 78.9 Å². The number of carbonyl (C=O) groups excluding carboxylic acids is 8. The average Bonchev–Trinajstić information content (AvgIpc) is 3.92. The van der Waals surface area contributed by atoms with Gasteiger partial charge < -0.3 is 86.6 Å². The molecule has 0 aromatic rings. The SMILES string of the molecule is CC(=O)NC(C(=O)NC(C)C(=O)N1CCCC1C(=O)N1CCCC1C(=O)NC(C)C(N)=O)C(C)O[C@@H]1OC(CO)[C@H](O)C(O[C@@H]2OC(CO)[C@H](O)C(O)[C@H]2NC(C)=O)[C@H]1NC(C)=O. The van der Waals surface area contributed by atoms with E-state index in [0.717, 1.165) is 20.8 Å². The molecule has 10 unspecified atom stereocenters. The van der Waals surface area contributed by atoms with E-state index in [1.54, 1.807) is 0 Å². The van der Waals surface area contributed by atoms with E-state index in [1.807, 2.05) is 0 Å². The van der Waals surface area contributed by atoms with Gasteiger partial charge in [0, 0.05) is 33.9 Å². The quantitative estimate of drug-likeness (QED) is 0.0646. The summed E-state index contributed by atoms with van der Waals surface area (Å²) < 4.78 is 23.7. The molecule has 4 saturated heterocycles. The van der Waals surface area contributed by atoms with Crippen LogP contribution in [0, 0.1) is 0 Å². The average molecular weight is 903 g/mol. The van der Waals surface area contributed by atoms with Crippen molar-refractivity contribution in [3.8, 4) is 0 Å². The van der Waals surface area contributed by atoms with E-state index in [2.05, 4.69) is 26.6 Å². The number of nitrogens with one attached hydrogen (secondary N) is 5. The van der Waals surface area contributed by atoms with Crippen molar-refractivity contribution in [1.29, 1.82) is 0 Å². The summed E-state index contributed by atoms with van der Waals surface area (Å²) in [5, 5.41) is 65.1. The van der Waals surface area contributed by atoms with Crippen molar-refractivity contribution in [3.63, 3.8) is 0 Å². The van der Waals surface area contributed by atoms with E-state index < -0.39 is 158 Å². The molecule has 356 valence electrons. The highest BCUT2D eigenvalue weighted by Gasteiger charge is 2.53. The molecule has 4 rings (SSSR count). The van der Waals surface area contributed by atoms with Crippen LogP contribution in [0.5, 0.6) is 0 Å². The molecule has 0 radical (unpaired) electrons. The lowest BCUT2D eigenvalue weighted by Gasteiger charge is -2.48. The second kappa shape index (κ2) is 22.3. The normalized spacial score (nSPS) is 32.7. The molecule has 4 heterocycles. The number of ether oxygens (including phenoxy) is 4. The molecule has 0 aliphatic carbocycles. The van der Waals surface area contributed by atoms with Gasteiger partial charge in [-0.15, -0.1) is 0 Å². The number of likely N-dealkylation sites (tertiary alicyclic amines) is 2. The fourth-order valence-corrected chi connectivity index (χ4v) is 8.16. The second-order valence-electron chi connectivity index (χ2n) is 16.2. The Hall–Kier alpha value is -4.60. The molecule has 4 fully saturated rings. The first-order chi connectivity index (χ1) is 29.6. The van der Waals surface area contributed by atoms with Crippen molar-refractivity contribution in [2.45, 2.75) is 165 Å². The minimum atomic E-state index is -1.76. The number of amides is 8. The zero-order chi connectivity index (χ0) is 47.0. The van der Waals surface area contributed by atoms with E-state index in [-0.39, 0.29) is 19.5 Å². The van der Waals surface area contributed by atoms with E-state index in [9.17, 15) is 63.9 Å². The molecule has 4 aliphatic heterocycles. The largest absolute Gasteiger partial charge is 0.394 e. The number of aliphatic hydroxyl groups excluding tert-OH is 5. The number of rotatable bonds is 17. The van der Waals surface area contributed by atoms with Gasteiger partial charge in [-0.2, -0.15) is 0 Å². The van der Waals surface area contributed by atoms with Crippen molar-refractivity contribution >= 4 is 47.3 Å². The van der Waals surface area contributed by atoms with Crippen molar-refractivity contribution < 1.29 is 82.8 Å². The van der Waals surface area contributed by atoms with Crippen LogP contribution >= 0.6 is 0 Å². The Kier molecular flexibility index (Phi) is 18.1. The van der Waals surface area contributed by atoms with Crippen LogP contribution in [0.25, 0.3) is 0 Å². The zero-order valence-electron chi connectivity index (χ0n) is 36.0. The van der Waals surface area contributed by atoms with Crippen LogP contribution in [0.2, 0.25) is 0 Å². The lowest BCUT2D eigenvalue weighted by atomic mass is 9.94. The van der Waals surface area contributed by atoms with Crippen LogP contribution < -0.4 is 32.3 Å². The molecule has 4 aliphatic rings. The van der Waals surface area contributed by atoms with Crippen molar-refractivity contribution in [2.75, 3.05) is 26.3 Å². The lowest BCUT2D eigenvalue weighted by molar-refractivity contribution is -0.332. The Morgan fingerprint density at radius 3 is 1.83 bits per heavy atom. The summed E-state index contributed by atoms with van der Waals surface area (Å²) >= 11 is 0. The first kappa shape index (κ1) is 51.0. The van der Waals surface area contributed by atoms with Crippen LogP contribution in [0.3, 0.4) is 0 Å². The lowest BCUT2D eigenvalue weighted by Crippen LogP contribution is -2.70. The maximum absolute atomic E-state index is 13.9. The molecule has 12 N–H and O–H groups in total. The number of carbonyl (C=O) groups is 8. The number of hydrogen-bond acceptors (Lipinski definition) is 17. The molecule has 16 atom stereocenters. The highest BCUT2D eigenvalue weighted by molar-refractivity contribution is 5.96. The second-order valence-corrected chi connectivity index (χ2v) is 16.2. The van der Waals surface area contributed by atoms with E-state index >= 15 is 0 Å². The molecule has 0 aromatic heterocycles. The van der Waals surface area contributed by atoms with Crippen molar-refractivity contribution in [2.24, 2.45) is 5.73 Å². The molecule has 63 heavy (non-hydrogen) atoms. The van der Waals surface area contributed by atoms with Gasteiger partial charge in [-0.05, 0) is 46.5 Å². The molecule has 0 aromatic carbocycles. The maximum atomic E-state index is 13.9. The molecule has 25 nitrogen and oxygen atoms in total. The zero-order valence-corrected chi connectivity index (χ0v) is 36.0. The first-order valence-electron chi connectivity index (χ1n) is 20.8. The molecular formula is C38H62N8O17. The standard InChI is InChI=1S/C38H62N8O17/c1-15(32(39)55)40-33(56)21-9-7-11-45(21)36(59)22-10-8-12-46(22)35(58)16(2)41-34(57)25(42-18(4)49)17(3)60-38-27(44-20(6)51)31(29(53)24(14-48)62-38)63-37-26(43-19(5)50)30(54)28(52)23(13-47)61-37/h15-17,21-31,37-38,47-48,52-54H,7-14H2,1-6H3,(H2,39,55)(H,40,56)(H,41,57)(H,42,49)(H,43,50)(H,44,51)/t15?,16?,17?,21?,22?,23?,24?,25?,26-,27-,28+,29+,30?,31?,37+,38-/m1/s1. The topological polar surface area (TPSA) is 367 Å². The maximum Gasteiger partial charge on any atom is 0.246 e. The minimum Gasteiger partial charge on any atom is -0.394 e. The monoisotopic (exact) mass is 902 g/mol. The third-order valence-corrected chi connectivity index (χ3v) is 11.4. The number of primary amides is 1. The fraction of sp³-hybridized carbons (Fsp3) is 0.789. The van der Waals surface area contributed by atoms with Gasteiger partial charge in [0.25, 0.3) is 0 Å². The summed E-state index contributed by atoms with van der Waals surface area (Å²) in [6, 6.07) is -8.62. The number of hydrogen-bond donors (Lipinski definition) is 11. The highest BCUT2D eigenvalue weighted by atomic mass is 16.7. The summed E-state index contributed by atoms with van der Waals surface area (Å²) in [5.41, 5.74) is 5.28. The number of nitrogens with zero attached hydrogens (tertiary/aromatic N) is 2. The van der Waals surface area contributed by atoms with Gasteiger partial charge in [0.15, 0.2) is 12.6 Å². The van der Waals surface area contributed by atoms with Gasteiger partial charge >= 0.3 is 0 Å². The first-order valence-corrected chi connectivity index (χ1v) is 20.8. The van der Waals surface area contributed by atoms with Crippen LogP contribution in [-0.2, 0) is 57.3 Å². The van der Waals surface area contributed by atoms with Crippen LogP contribution in [0.1, 0.15) is 67.2 Å². The van der Waals surface area contributed by atoms with E-state index in [1.165, 1.54) is 30.6 Å². The third-order valence-electron chi connectivity index (χ3n) is 11.4. The Labute approximate surface area is 363 Å². The van der Waals surface area contributed by atoms with Crippen molar-refractivity contribution in [3.05, 3.63) is 0 Å². The van der Waals surface area contributed by atoms with Crippen LogP contribution in [0.4, 0.5) is 0 Å². The Bertz CT molecular complexity index is 1690. The predicted molar refractivity (Wildman–Crippen MR) is 212 cm³/mol. The third kappa shape index (κ3) is 12.4. The predicted octanol–water partition coefficient (Wildman–Crippen LogP) is -6.72. The molecule has 25 heteroatoms. The van der Waals surface area contributed by atoms with E-state index in [4.69, 9.17) is 24.7 Å². The molecule has 0 saturated carbocycles.